The molecule has 2 unspecified atom stereocenters. The highest BCUT2D eigenvalue weighted by Gasteiger charge is 2.30. The lowest BCUT2D eigenvalue weighted by atomic mass is 9.98. The minimum atomic E-state index is -1.35. The van der Waals surface area contributed by atoms with E-state index in [9.17, 15) is 14.7 Å². The van der Waals surface area contributed by atoms with Crippen molar-refractivity contribution in [1.82, 2.24) is 5.32 Å². The Morgan fingerprint density at radius 2 is 2.26 bits per heavy atom. The molecule has 0 aliphatic heterocycles. The number of ether oxygens (including phenoxy) is 1. The van der Waals surface area contributed by atoms with Crippen molar-refractivity contribution in [1.29, 1.82) is 5.26 Å². The standard InChI is InChI=1S/C13H14N2O4/c1-2-19-13(18)11(15-8-16)12(17)10-6-4-3-5-9(10)7-14/h3-6,8,11-12,17H,2H2,1H3,(H,15,16). The van der Waals surface area contributed by atoms with Crippen molar-refractivity contribution in [3.05, 3.63) is 35.4 Å². The van der Waals surface area contributed by atoms with E-state index in [4.69, 9.17) is 10.00 Å². The van der Waals surface area contributed by atoms with Crippen molar-refractivity contribution in [3.63, 3.8) is 0 Å². The third-order valence-electron chi connectivity index (χ3n) is 2.50. The van der Waals surface area contributed by atoms with Gasteiger partial charge in [0.15, 0.2) is 6.04 Å². The quantitative estimate of drug-likeness (QED) is 0.566. The summed E-state index contributed by atoms with van der Waals surface area (Å²) < 4.78 is 4.77. The van der Waals surface area contributed by atoms with Gasteiger partial charge < -0.3 is 15.2 Å². The molecule has 1 rings (SSSR count). The molecule has 2 atom stereocenters. The van der Waals surface area contributed by atoms with E-state index in [1.54, 1.807) is 19.1 Å². The summed E-state index contributed by atoms with van der Waals surface area (Å²) in [5, 5.41) is 21.3. The zero-order valence-electron chi connectivity index (χ0n) is 10.4. The Morgan fingerprint density at radius 1 is 1.58 bits per heavy atom. The molecule has 0 spiro atoms. The minimum absolute atomic E-state index is 0.127. The molecule has 0 saturated carbocycles. The van der Waals surface area contributed by atoms with Crippen LogP contribution in [-0.4, -0.2) is 30.1 Å². The fraction of sp³-hybridized carbons (Fsp3) is 0.308. The van der Waals surface area contributed by atoms with Gasteiger partial charge >= 0.3 is 5.97 Å². The second-order valence-electron chi connectivity index (χ2n) is 3.66. The molecule has 100 valence electrons. The summed E-state index contributed by atoms with van der Waals surface area (Å²) in [5.74, 6) is -0.755. The van der Waals surface area contributed by atoms with Crippen molar-refractivity contribution in [2.24, 2.45) is 0 Å². The number of hydrogen-bond donors (Lipinski definition) is 2. The number of aliphatic hydroxyl groups excluding tert-OH is 1. The van der Waals surface area contributed by atoms with Gasteiger partial charge in [0.25, 0.3) is 0 Å². The van der Waals surface area contributed by atoms with Crippen LogP contribution >= 0.6 is 0 Å². The first-order valence-corrected chi connectivity index (χ1v) is 5.69. The number of nitrogens with zero attached hydrogens (tertiary/aromatic N) is 1. The summed E-state index contributed by atoms with van der Waals surface area (Å²) in [5.41, 5.74) is 0.495. The van der Waals surface area contributed by atoms with E-state index in [1.165, 1.54) is 12.1 Å². The third-order valence-corrected chi connectivity index (χ3v) is 2.50. The monoisotopic (exact) mass is 262 g/mol. The summed E-state index contributed by atoms with van der Waals surface area (Å²) in [6, 6.07) is 6.97. The average molecular weight is 262 g/mol. The molecular formula is C13H14N2O4. The number of hydrogen-bond acceptors (Lipinski definition) is 5. The maximum Gasteiger partial charge on any atom is 0.331 e. The fourth-order valence-corrected chi connectivity index (χ4v) is 1.63. The zero-order valence-corrected chi connectivity index (χ0v) is 10.4. The van der Waals surface area contributed by atoms with Crippen molar-refractivity contribution in [2.75, 3.05) is 6.61 Å². The number of esters is 1. The Hall–Kier alpha value is -2.39. The second kappa shape index (κ2) is 7.13. The first kappa shape index (κ1) is 14.7. The summed E-state index contributed by atoms with van der Waals surface area (Å²) in [4.78, 5) is 22.2. The van der Waals surface area contributed by atoms with Gasteiger partial charge in [0.1, 0.15) is 6.10 Å². The van der Waals surface area contributed by atoms with Crippen molar-refractivity contribution >= 4 is 12.4 Å². The Kier molecular flexibility index (Phi) is 5.51. The Balaban J connectivity index is 3.05. The first-order chi connectivity index (χ1) is 9.15. The number of carbonyl (C=O) groups is 2. The first-order valence-electron chi connectivity index (χ1n) is 5.69. The zero-order chi connectivity index (χ0) is 14.3. The molecule has 19 heavy (non-hydrogen) atoms. The van der Waals surface area contributed by atoms with Crippen LogP contribution < -0.4 is 5.32 Å². The summed E-state index contributed by atoms with van der Waals surface area (Å²) in [6.45, 7) is 1.74. The molecule has 0 aliphatic rings. The highest BCUT2D eigenvalue weighted by atomic mass is 16.5. The molecule has 0 aliphatic carbocycles. The maximum atomic E-state index is 11.7. The van der Waals surface area contributed by atoms with E-state index in [-0.39, 0.29) is 17.7 Å². The van der Waals surface area contributed by atoms with Crippen LogP contribution in [0, 0.1) is 11.3 Å². The predicted octanol–water partition coefficient (Wildman–Crippen LogP) is 0.269. The molecule has 1 aromatic rings. The van der Waals surface area contributed by atoms with Gasteiger partial charge in [-0.2, -0.15) is 5.26 Å². The van der Waals surface area contributed by atoms with E-state index >= 15 is 0 Å². The van der Waals surface area contributed by atoms with E-state index in [1.807, 2.05) is 6.07 Å². The lowest BCUT2D eigenvalue weighted by Gasteiger charge is -2.21. The predicted molar refractivity (Wildman–Crippen MR) is 65.7 cm³/mol. The molecule has 6 nitrogen and oxygen atoms in total. The highest BCUT2D eigenvalue weighted by Crippen LogP contribution is 2.21. The van der Waals surface area contributed by atoms with Gasteiger partial charge in [0, 0.05) is 5.56 Å². The highest BCUT2D eigenvalue weighted by molar-refractivity contribution is 5.79. The molecule has 0 bridgehead atoms. The molecule has 1 amide bonds. The number of nitrogens with one attached hydrogen (secondary N) is 1. The molecule has 6 heteroatoms. The van der Waals surface area contributed by atoms with Crippen LogP contribution in [0.4, 0.5) is 0 Å². The Morgan fingerprint density at radius 3 is 2.84 bits per heavy atom. The third kappa shape index (κ3) is 3.53. The molecule has 0 saturated heterocycles. The lowest BCUT2D eigenvalue weighted by molar-refractivity contribution is -0.149. The lowest BCUT2D eigenvalue weighted by Crippen LogP contribution is -2.42. The summed E-state index contributed by atoms with van der Waals surface area (Å²) >= 11 is 0. The van der Waals surface area contributed by atoms with Crippen LogP contribution in [0.1, 0.15) is 24.2 Å². The Bertz CT molecular complexity index is 496. The van der Waals surface area contributed by atoms with Gasteiger partial charge in [-0.3, -0.25) is 4.79 Å². The largest absolute Gasteiger partial charge is 0.464 e. The number of amides is 1. The van der Waals surface area contributed by atoms with Gasteiger partial charge in [0.2, 0.25) is 6.41 Å². The maximum absolute atomic E-state index is 11.7. The summed E-state index contributed by atoms with van der Waals surface area (Å²) in [7, 11) is 0. The van der Waals surface area contributed by atoms with E-state index in [0.717, 1.165) is 0 Å². The van der Waals surface area contributed by atoms with Crippen LogP contribution in [0.25, 0.3) is 0 Å². The normalized spacial score (nSPS) is 12.9. The van der Waals surface area contributed by atoms with Crippen molar-refractivity contribution in [2.45, 2.75) is 19.1 Å². The topological polar surface area (TPSA) is 99.4 Å². The molecule has 0 fully saturated rings. The molecule has 1 aromatic carbocycles. The number of benzene rings is 1. The van der Waals surface area contributed by atoms with Crippen LogP contribution in [0.3, 0.4) is 0 Å². The van der Waals surface area contributed by atoms with Gasteiger partial charge in [-0.25, -0.2) is 4.79 Å². The molecule has 0 heterocycles. The number of nitriles is 1. The van der Waals surface area contributed by atoms with Gasteiger partial charge in [-0.05, 0) is 13.0 Å². The minimum Gasteiger partial charge on any atom is -0.464 e. The van der Waals surface area contributed by atoms with Crippen molar-refractivity contribution in [3.8, 4) is 6.07 Å². The van der Waals surface area contributed by atoms with Gasteiger partial charge in [0.05, 0.1) is 18.2 Å². The number of rotatable bonds is 6. The van der Waals surface area contributed by atoms with Gasteiger partial charge in [-0.1, -0.05) is 18.2 Å². The van der Waals surface area contributed by atoms with E-state index in [0.29, 0.717) is 6.41 Å². The van der Waals surface area contributed by atoms with E-state index < -0.39 is 18.1 Å². The molecule has 0 radical (unpaired) electrons. The van der Waals surface area contributed by atoms with Crippen LogP contribution in [0.5, 0.6) is 0 Å². The summed E-state index contributed by atoms with van der Waals surface area (Å²) in [6.07, 6.45) is -1.04. The number of aliphatic hydroxyl groups is 1. The Labute approximate surface area is 110 Å². The molecule has 2 N–H and O–H groups in total. The average Bonchev–Trinajstić information content (AvgIpc) is 2.44. The molecule has 0 aromatic heterocycles. The number of carbonyl (C=O) groups excluding carboxylic acids is 2. The second-order valence-corrected chi connectivity index (χ2v) is 3.66. The SMILES string of the molecule is CCOC(=O)C(NC=O)C(O)c1ccccc1C#N. The molecular weight excluding hydrogens is 248 g/mol. The van der Waals surface area contributed by atoms with E-state index in [2.05, 4.69) is 5.32 Å². The van der Waals surface area contributed by atoms with Crippen LogP contribution in [0.15, 0.2) is 24.3 Å². The fourth-order valence-electron chi connectivity index (χ4n) is 1.63. The smallest absolute Gasteiger partial charge is 0.331 e. The van der Waals surface area contributed by atoms with Gasteiger partial charge in [-0.15, -0.1) is 0 Å². The van der Waals surface area contributed by atoms with Crippen LogP contribution in [0.2, 0.25) is 0 Å². The van der Waals surface area contributed by atoms with Crippen molar-refractivity contribution < 1.29 is 19.4 Å². The van der Waals surface area contributed by atoms with Crippen LogP contribution in [-0.2, 0) is 14.3 Å².